The predicted molar refractivity (Wildman–Crippen MR) is 59.9 cm³/mol. The van der Waals surface area contributed by atoms with Crippen LogP contribution in [0.1, 0.15) is 30.9 Å². The van der Waals surface area contributed by atoms with Gasteiger partial charge in [0, 0.05) is 12.2 Å². The Labute approximate surface area is 90.9 Å². The Balaban J connectivity index is 2.09. The fourth-order valence-corrected chi connectivity index (χ4v) is 1.85. The second-order valence-corrected chi connectivity index (χ2v) is 4.18. The normalized spacial score (nSPS) is 17.5. The molecule has 0 amide bonds. The van der Waals surface area contributed by atoms with Gasteiger partial charge in [0.05, 0.1) is 13.3 Å². The molecule has 1 heterocycles. The minimum atomic E-state index is 0.417. The van der Waals surface area contributed by atoms with E-state index in [-0.39, 0.29) is 0 Å². The summed E-state index contributed by atoms with van der Waals surface area (Å²) in [6.45, 7) is 0. The predicted octanol–water partition coefficient (Wildman–Crippen LogP) is 2.15. The van der Waals surface area contributed by atoms with Gasteiger partial charge in [-0.2, -0.15) is 0 Å². The molecule has 1 fully saturated rings. The quantitative estimate of drug-likeness (QED) is 0.801. The van der Waals surface area contributed by atoms with E-state index in [1.165, 1.54) is 24.8 Å². The molecule has 1 N–H and O–H groups in total. The molecule has 1 aromatic heterocycles. The minimum Gasteiger partial charge on any atom is -0.495 e. The SMILES string of the molecule is CNC(CC1CC1)c1cncc(OC)c1. The van der Waals surface area contributed by atoms with Gasteiger partial charge in [-0.15, -0.1) is 0 Å². The lowest BCUT2D eigenvalue weighted by molar-refractivity contribution is 0.410. The van der Waals surface area contributed by atoms with E-state index in [0.29, 0.717) is 6.04 Å². The van der Waals surface area contributed by atoms with Crippen LogP contribution in [-0.4, -0.2) is 19.1 Å². The van der Waals surface area contributed by atoms with E-state index < -0.39 is 0 Å². The molecule has 0 saturated heterocycles. The number of rotatable bonds is 5. The molecule has 1 aliphatic carbocycles. The zero-order valence-corrected chi connectivity index (χ0v) is 9.36. The monoisotopic (exact) mass is 206 g/mol. The van der Waals surface area contributed by atoms with E-state index in [1.807, 2.05) is 13.2 Å². The molecule has 3 nitrogen and oxygen atoms in total. The molecule has 0 aromatic carbocycles. The highest BCUT2D eigenvalue weighted by molar-refractivity contribution is 5.26. The van der Waals surface area contributed by atoms with Crippen molar-refractivity contribution in [1.29, 1.82) is 0 Å². The molecular weight excluding hydrogens is 188 g/mol. The molecule has 1 atom stereocenters. The highest BCUT2D eigenvalue weighted by atomic mass is 16.5. The molecule has 15 heavy (non-hydrogen) atoms. The van der Waals surface area contributed by atoms with Crippen LogP contribution in [0.5, 0.6) is 5.75 Å². The van der Waals surface area contributed by atoms with Crippen LogP contribution < -0.4 is 10.1 Å². The summed E-state index contributed by atoms with van der Waals surface area (Å²) in [5.74, 6) is 1.75. The van der Waals surface area contributed by atoms with Crippen LogP contribution in [0.4, 0.5) is 0 Å². The summed E-state index contributed by atoms with van der Waals surface area (Å²) in [5, 5.41) is 3.35. The number of aromatic nitrogens is 1. The van der Waals surface area contributed by atoms with Gasteiger partial charge in [0.25, 0.3) is 0 Å². The number of ether oxygens (including phenoxy) is 1. The Kier molecular flexibility index (Phi) is 3.21. The maximum Gasteiger partial charge on any atom is 0.137 e. The second kappa shape index (κ2) is 4.62. The van der Waals surface area contributed by atoms with Crippen LogP contribution in [-0.2, 0) is 0 Å². The van der Waals surface area contributed by atoms with Crippen LogP contribution in [0.15, 0.2) is 18.5 Å². The van der Waals surface area contributed by atoms with Crippen LogP contribution in [0.2, 0.25) is 0 Å². The van der Waals surface area contributed by atoms with E-state index in [2.05, 4.69) is 16.4 Å². The van der Waals surface area contributed by atoms with Gasteiger partial charge >= 0.3 is 0 Å². The fourth-order valence-electron chi connectivity index (χ4n) is 1.85. The van der Waals surface area contributed by atoms with E-state index in [1.54, 1.807) is 13.3 Å². The molecule has 1 aromatic rings. The van der Waals surface area contributed by atoms with Crippen LogP contribution in [0, 0.1) is 5.92 Å². The highest BCUT2D eigenvalue weighted by Gasteiger charge is 2.25. The van der Waals surface area contributed by atoms with E-state index in [4.69, 9.17) is 4.74 Å². The van der Waals surface area contributed by atoms with Crippen LogP contribution in [0.3, 0.4) is 0 Å². The number of methoxy groups -OCH3 is 1. The molecule has 1 saturated carbocycles. The maximum atomic E-state index is 5.18. The molecule has 1 aliphatic rings. The van der Waals surface area contributed by atoms with Crippen molar-refractivity contribution in [1.82, 2.24) is 10.3 Å². The third-order valence-corrected chi connectivity index (χ3v) is 2.99. The molecule has 2 rings (SSSR count). The number of hydrogen-bond donors (Lipinski definition) is 1. The van der Waals surface area contributed by atoms with Gasteiger partial charge < -0.3 is 10.1 Å². The number of nitrogens with one attached hydrogen (secondary N) is 1. The third-order valence-electron chi connectivity index (χ3n) is 2.99. The lowest BCUT2D eigenvalue weighted by Gasteiger charge is -2.16. The standard InChI is InChI=1S/C12H18N2O/c1-13-12(5-9-3-4-9)10-6-11(15-2)8-14-7-10/h6-9,12-13H,3-5H2,1-2H3. The van der Waals surface area contributed by atoms with Gasteiger partial charge in [0.15, 0.2) is 0 Å². The van der Waals surface area contributed by atoms with Crippen molar-refractivity contribution in [3.05, 3.63) is 24.0 Å². The van der Waals surface area contributed by atoms with Gasteiger partial charge in [-0.1, -0.05) is 12.8 Å². The lowest BCUT2D eigenvalue weighted by Crippen LogP contribution is -2.17. The van der Waals surface area contributed by atoms with Crippen molar-refractivity contribution >= 4 is 0 Å². The average Bonchev–Trinajstić information content (AvgIpc) is 3.10. The lowest BCUT2D eigenvalue weighted by atomic mass is 10.0. The molecule has 0 radical (unpaired) electrons. The van der Waals surface area contributed by atoms with Crippen molar-refractivity contribution in [2.24, 2.45) is 5.92 Å². The number of pyridine rings is 1. The van der Waals surface area contributed by atoms with Gasteiger partial charge in [-0.25, -0.2) is 0 Å². The molecule has 1 unspecified atom stereocenters. The van der Waals surface area contributed by atoms with E-state index in [9.17, 15) is 0 Å². The van der Waals surface area contributed by atoms with Crippen LogP contribution in [0.25, 0.3) is 0 Å². The molecule has 0 bridgehead atoms. The Morgan fingerprint density at radius 1 is 1.53 bits per heavy atom. The summed E-state index contributed by atoms with van der Waals surface area (Å²) < 4.78 is 5.18. The van der Waals surface area contributed by atoms with Crippen molar-refractivity contribution in [2.75, 3.05) is 14.2 Å². The Morgan fingerprint density at radius 2 is 2.33 bits per heavy atom. The fraction of sp³-hybridized carbons (Fsp3) is 0.583. The Bertz CT molecular complexity index is 323. The summed E-state index contributed by atoms with van der Waals surface area (Å²) in [5.41, 5.74) is 1.23. The zero-order chi connectivity index (χ0) is 10.7. The molecule has 82 valence electrons. The molecule has 0 aliphatic heterocycles. The number of nitrogens with zero attached hydrogens (tertiary/aromatic N) is 1. The highest BCUT2D eigenvalue weighted by Crippen LogP contribution is 2.37. The van der Waals surface area contributed by atoms with E-state index in [0.717, 1.165) is 11.7 Å². The smallest absolute Gasteiger partial charge is 0.137 e. The van der Waals surface area contributed by atoms with Gasteiger partial charge in [0.1, 0.15) is 5.75 Å². The Morgan fingerprint density at radius 3 is 2.93 bits per heavy atom. The van der Waals surface area contributed by atoms with Gasteiger partial charge in [-0.3, -0.25) is 4.98 Å². The van der Waals surface area contributed by atoms with Crippen LogP contribution >= 0.6 is 0 Å². The van der Waals surface area contributed by atoms with Crippen molar-refractivity contribution in [2.45, 2.75) is 25.3 Å². The first-order valence-corrected chi connectivity index (χ1v) is 5.49. The first-order chi connectivity index (χ1) is 7.33. The number of hydrogen-bond acceptors (Lipinski definition) is 3. The second-order valence-electron chi connectivity index (χ2n) is 4.18. The summed E-state index contributed by atoms with van der Waals surface area (Å²) in [6, 6.07) is 2.48. The summed E-state index contributed by atoms with van der Waals surface area (Å²) in [7, 11) is 3.68. The van der Waals surface area contributed by atoms with Crippen molar-refractivity contribution < 1.29 is 4.74 Å². The molecule has 3 heteroatoms. The average molecular weight is 206 g/mol. The maximum absolute atomic E-state index is 5.18. The van der Waals surface area contributed by atoms with Gasteiger partial charge in [0.2, 0.25) is 0 Å². The Hall–Kier alpha value is -1.09. The van der Waals surface area contributed by atoms with Gasteiger partial charge in [-0.05, 0) is 31.0 Å². The topological polar surface area (TPSA) is 34.2 Å². The summed E-state index contributed by atoms with van der Waals surface area (Å²) in [6.07, 6.45) is 7.65. The van der Waals surface area contributed by atoms with Crippen molar-refractivity contribution in [3.8, 4) is 5.75 Å². The van der Waals surface area contributed by atoms with Crippen molar-refractivity contribution in [3.63, 3.8) is 0 Å². The largest absolute Gasteiger partial charge is 0.495 e. The molecular formula is C12H18N2O. The minimum absolute atomic E-state index is 0.417. The summed E-state index contributed by atoms with van der Waals surface area (Å²) >= 11 is 0. The van der Waals surface area contributed by atoms with E-state index >= 15 is 0 Å². The summed E-state index contributed by atoms with van der Waals surface area (Å²) in [4.78, 5) is 4.19. The first-order valence-electron chi connectivity index (χ1n) is 5.49. The first kappa shape index (κ1) is 10.4. The zero-order valence-electron chi connectivity index (χ0n) is 9.36. The molecule has 0 spiro atoms. The third kappa shape index (κ3) is 2.69.